The van der Waals surface area contributed by atoms with Crippen molar-refractivity contribution >= 4 is 5.96 Å². The number of aromatic nitrogens is 1. The molecule has 0 amide bonds. The van der Waals surface area contributed by atoms with E-state index >= 15 is 0 Å². The van der Waals surface area contributed by atoms with Crippen LogP contribution in [0.4, 0.5) is 4.39 Å². The van der Waals surface area contributed by atoms with Gasteiger partial charge in [0.15, 0.2) is 5.96 Å². The van der Waals surface area contributed by atoms with E-state index in [0.717, 1.165) is 31.0 Å². The monoisotopic (exact) mass is 330 g/mol. The Morgan fingerprint density at radius 3 is 2.62 bits per heavy atom. The standard InChI is InChI=1S/C18H23FN4O/c1-20-17(23(2)12-16-8-11-24-22-16)21-13-18(9-3-10-18)14-4-6-15(19)7-5-14/h4-8,11H,3,9-10,12-13H2,1-2H3,(H,20,21). The molecule has 6 heteroatoms. The summed E-state index contributed by atoms with van der Waals surface area (Å²) < 4.78 is 18.1. The quantitative estimate of drug-likeness (QED) is 0.676. The number of rotatable bonds is 5. The molecule has 1 fully saturated rings. The topological polar surface area (TPSA) is 53.7 Å². The number of halogens is 1. The van der Waals surface area contributed by atoms with Gasteiger partial charge in [-0.1, -0.05) is 23.7 Å². The minimum Gasteiger partial charge on any atom is -0.364 e. The lowest BCUT2D eigenvalue weighted by Gasteiger charge is -2.43. The second-order valence-electron chi connectivity index (χ2n) is 6.39. The summed E-state index contributed by atoms with van der Waals surface area (Å²) >= 11 is 0. The van der Waals surface area contributed by atoms with Crippen LogP contribution >= 0.6 is 0 Å². The van der Waals surface area contributed by atoms with Gasteiger partial charge in [0, 0.05) is 32.1 Å². The van der Waals surface area contributed by atoms with E-state index in [9.17, 15) is 4.39 Å². The average Bonchev–Trinajstić information content (AvgIpc) is 3.04. The molecule has 0 aliphatic heterocycles. The van der Waals surface area contributed by atoms with Gasteiger partial charge in [-0.15, -0.1) is 0 Å². The van der Waals surface area contributed by atoms with Crippen LogP contribution in [-0.4, -0.2) is 36.7 Å². The lowest BCUT2D eigenvalue weighted by atomic mass is 9.64. The molecule has 0 unspecified atom stereocenters. The van der Waals surface area contributed by atoms with Gasteiger partial charge in [0.25, 0.3) is 0 Å². The third-order valence-corrected chi connectivity index (χ3v) is 4.82. The summed E-state index contributed by atoms with van der Waals surface area (Å²) in [4.78, 5) is 6.36. The molecule has 1 aliphatic carbocycles. The molecule has 3 rings (SSSR count). The van der Waals surface area contributed by atoms with Gasteiger partial charge in [-0.3, -0.25) is 4.99 Å². The predicted octanol–water partition coefficient (Wildman–Crippen LogP) is 2.94. The molecule has 0 atom stereocenters. The summed E-state index contributed by atoms with van der Waals surface area (Å²) in [7, 11) is 3.74. The average molecular weight is 330 g/mol. The largest absolute Gasteiger partial charge is 0.364 e. The Labute approximate surface area is 141 Å². The Balaban J connectivity index is 1.64. The first-order chi connectivity index (χ1) is 11.6. The highest BCUT2D eigenvalue weighted by molar-refractivity contribution is 5.79. The van der Waals surface area contributed by atoms with Gasteiger partial charge >= 0.3 is 0 Å². The number of benzene rings is 1. The fourth-order valence-electron chi connectivity index (χ4n) is 3.24. The van der Waals surface area contributed by atoms with Gasteiger partial charge in [-0.2, -0.15) is 0 Å². The van der Waals surface area contributed by atoms with Crippen molar-refractivity contribution in [1.29, 1.82) is 0 Å². The van der Waals surface area contributed by atoms with Crippen molar-refractivity contribution in [2.24, 2.45) is 4.99 Å². The van der Waals surface area contributed by atoms with Crippen LogP contribution in [0.15, 0.2) is 46.1 Å². The molecule has 5 nitrogen and oxygen atoms in total. The second kappa shape index (κ2) is 7.03. The molecule has 24 heavy (non-hydrogen) atoms. The van der Waals surface area contributed by atoms with E-state index in [1.165, 1.54) is 12.0 Å². The van der Waals surface area contributed by atoms with Crippen molar-refractivity contribution in [3.63, 3.8) is 0 Å². The maximum absolute atomic E-state index is 13.2. The molecule has 1 N–H and O–H groups in total. The van der Waals surface area contributed by atoms with E-state index in [1.54, 1.807) is 25.4 Å². The van der Waals surface area contributed by atoms with Crippen LogP contribution in [0.25, 0.3) is 0 Å². The number of aliphatic imine (C=N–C) groups is 1. The van der Waals surface area contributed by atoms with E-state index in [-0.39, 0.29) is 11.2 Å². The third-order valence-electron chi connectivity index (χ3n) is 4.82. The smallest absolute Gasteiger partial charge is 0.193 e. The molecule has 1 heterocycles. The van der Waals surface area contributed by atoms with Crippen molar-refractivity contribution in [2.45, 2.75) is 31.2 Å². The molecule has 2 aromatic rings. The number of guanidine groups is 1. The number of nitrogens with one attached hydrogen (secondary N) is 1. The van der Waals surface area contributed by atoms with Crippen molar-refractivity contribution in [3.05, 3.63) is 53.7 Å². The Morgan fingerprint density at radius 1 is 1.33 bits per heavy atom. The van der Waals surface area contributed by atoms with E-state index in [1.807, 2.05) is 30.1 Å². The van der Waals surface area contributed by atoms with Gasteiger partial charge < -0.3 is 14.7 Å². The Hall–Kier alpha value is -2.37. The van der Waals surface area contributed by atoms with E-state index in [4.69, 9.17) is 4.52 Å². The first-order valence-electron chi connectivity index (χ1n) is 8.20. The lowest BCUT2D eigenvalue weighted by Crippen LogP contribution is -2.49. The maximum atomic E-state index is 13.2. The van der Waals surface area contributed by atoms with E-state index in [2.05, 4.69) is 15.5 Å². The minimum absolute atomic E-state index is 0.0678. The molecule has 1 aromatic heterocycles. The second-order valence-corrected chi connectivity index (χ2v) is 6.39. The SMILES string of the molecule is CN=C(NCC1(c2ccc(F)cc2)CCC1)N(C)Cc1ccon1. The van der Waals surface area contributed by atoms with Crippen LogP contribution in [0.5, 0.6) is 0 Å². The summed E-state index contributed by atoms with van der Waals surface area (Å²) in [5.74, 6) is 0.621. The van der Waals surface area contributed by atoms with Gasteiger partial charge in [0.1, 0.15) is 17.8 Å². The highest BCUT2D eigenvalue weighted by Gasteiger charge is 2.38. The van der Waals surface area contributed by atoms with Crippen LogP contribution in [0.3, 0.4) is 0 Å². The van der Waals surface area contributed by atoms with Gasteiger partial charge in [-0.25, -0.2) is 4.39 Å². The normalized spacial score (nSPS) is 16.5. The van der Waals surface area contributed by atoms with E-state index < -0.39 is 0 Å². The third kappa shape index (κ3) is 3.42. The van der Waals surface area contributed by atoms with E-state index in [0.29, 0.717) is 6.54 Å². The minimum atomic E-state index is -0.190. The number of hydrogen-bond donors (Lipinski definition) is 1. The zero-order chi connectivity index (χ0) is 17.0. The van der Waals surface area contributed by atoms with Gasteiger partial charge in [-0.05, 0) is 30.5 Å². The molecule has 0 spiro atoms. The molecule has 0 radical (unpaired) electrons. The zero-order valence-electron chi connectivity index (χ0n) is 14.1. The van der Waals surface area contributed by atoms with Crippen LogP contribution in [0.2, 0.25) is 0 Å². The first kappa shape index (κ1) is 16.5. The van der Waals surface area contributed by atoms with Crippen molar-refractivity contribution in [2.75, 3.05) is 20.6 Å². The molecular weight excluding hydrogens is 307 g/mol. The van der Waals surface area contributed by atoms with Crippen LogP contribution < -0.4 is 5.32 Å². The fraction of sp³-hybridized carbons (Fsp3) is 0.444. The molecular formula is C18H23FN4O. The van der Waals surface area contributed by atoms with Crippen molar-refractivity contribution in [1.82, 2.24) is 15.4 Å². The number of hydrogen-bond acceptors (Lipinski definition) is 3. The molecule has 0 saturated heterocycles. The maximum Gasteiger partial charge on any atom is 0.193 e. The zero-order valence-corrected chi connectivity index (χ0v) is 14.1. The first-order valence-corrected chi connectivity index (χ1v) is 8.20. The molecule has 1 aromatic carbocycles. The molecule has 1 saturated carbocycles. The van der Waals surface area contributed by atoms with Crippen molar-refractivity contribution in [3.8, 4) is 0 Å². The van der Waals surface area contributed by atoms with Gasteiger partial charge in [0.2, 0.25) is 0 Å². The molecule has 128 valence electrons. The Bertz CT molecular complexity index is 678. The highest BCUT2D eigenvalue weighted by Crippen LogP contribution is 2.43. The number of nitrogens with zero attached hydrogens (tertiary/aromatic N) is 3. The van der Waals surface area contributed by atoms with Gasteiger partial charge in [0.05, 0.1) is 6.54 Å². The van der Waals surface area contributed by atoms with Crippen LogP contribution in [0.1, 0.15) is 30.5 Å². The lowest BCUT2D eigenvalue weighted by molar-refractivity contribution is 0.241. The van der Waals surface area contributed by atoms with Crippen molar-refractivity contribution < 1.29 is 8.91 Å². The Kier molecular flexibility index (Phi) is 4.83. The predicted molar refractivity (Wildman–Crippen MR) is 91.3 cm³/mol. The summed E-state index contributed by atoms with van der Waals surface area (Å²) in [6.07, 6.45) is 4.98. The highest BCUT2D eigenvalue weighted by atomic mass is 19.1. The van der Waals surface area contributed by atoms with Crippen LogP contribution in [0, 0.1) is 5.82 Å². The summed E-state index contributed by atoms with van der Waals surface area (Å²) in [5.41, 5.74) is 2.12. The van der Waals surface area contributed by atoms with Crippen LogP contribution in [-0.2, 0) is 12.0 Å². The molecule has 0 bridgehead atoms. The fourth-order valence-corrected chi connectivity index (χ4v) is 3.24. The summed E-state index contributed by atoms with van der Waals surface area (Å²) in [6.45, 7) is 1.41. The summed E-state index contributed by atoms with van der Waals surface area (Å²) in [6, 6.07) is 8.73. The summed E-state index contributed by atoms with van der Waals surface area (Å²) in [5, 5.41) is 7.39. The molecule has 1 aliphatic rings. The Morgan fingerprint density at radius 2 is 2.08 bits per heavy atom.